The fourth-order valence-electron chi connectivity index (χ4n) is 2.17. The van der Waals surface area contributed by atoms with Gasteiger partial charge in [-0.05, 0) is 25.7 Å². The average molecular weight is 184 g/mol. The molecule has 1 unspecified atom stereocenters. The van der Waals surface area contributed by atoms with Gasteiger partial charge in [-0.2, -0.15) is 0 Å². The Morgan fingerprint density at radius 2 is 2.23 bits per heavy atom. The van der Waals surface area contributed by atoms with E-state index in [0.717, 1.165) is 19.6 Å². The van der Waals surface area contributed by atoms with E-state index in [1.165, 1.54) is 25.7 Å². The van der Waals surface area contributed by atoms with Gasteiger partial charge in [0.05, 0.1) is 12.1 Å². The summed E-state index contributed by atoms with van der Waals surface area (Å²) in [5.41, 5.74) is 5.92. The van der Waals surface area contributed by atoms with Crippen LogP contribution in [0.1, 0.15) is 32.1 Å². The van der Waals surface area contributed by atoms with E-state index in [2.05, 4.69) is 5.32 Å². The van der Waals surface area contributed by atoms with Crippen molar-refractivity contribution in [1.82, 2.24) is 5.32 Å². The Labute approximate surface area is 80.0 Å². The molecule has 1 saturated carbocycles. The first kappa shape index (κ1) is 9.44. The maximum Gasteiger partial charge on any atom is 0.0660 e. The summed E-state index contributed by atoms with van der Waals surface area (Å²) in [6, 6.07) is 0.713. The van der Waals surface area contributed by atoms with Crippen LogP contribution in [0, 0.1) is 0 Å². The van der Waals surface area contributed by atoms with Crippen LogP contribution >= 0.6 is 0 Å². The van der Waals surface area contributed by atoms with E-state index in [1.54, 1.807) is 0 Å². The molecule has 2 rings (SSSR count). The lowest BCUT2D eigenvalue weighted by atomic mass is 9.86. The van der Waals surface area contributed by atoms with Crippen molar-refractivity contribution in [2.45, 2.75) is 43.7 Å². The molecule has 1 aliphatic heterocycles. The van der Waals surface area contributed by atoms with Crippen molar-refractivity contribution in [3.63, 3.8) is 0 Å². The van der Waals surface area contributed by atoms with Crippen LogP contribution in [0.3, 0.4) is 0 Å². The standard InChI is InChI=1S/C10H20N2O/c11-7-10(5-2-6-13-8-10)12-9-3-1-4-9/h9,12H,1-8,11H2. The number of hydrogen-bond donors (Lipinski definition) is 2. The molecule has 0 aromatic rings. The Morgan fingerprint density at radius 3 is 2.69 bits per heavy atom. The second-order valence-electron chi connectivity index (χ2n) is 4.41. The van der Waals surface area contributed by atoms with E-state index in [1.807, 2.05) is 0 Å². The lowest BCUT2D eigenvalue weighted by Gasteiger charge is -2.42. The van der Waals surface area contributed by atoms with Gasteiger partial charge in [-0.1, -0.05) is 6.42 Å². The predicted molar refractivity (Wildman–Crippen MR) is 52.6 cm³/mol. The molecule has 0 aromatic carbocycles. The summed E-state index contributed by atoms with van der Waals surface area (Å²) in [6.45, 7) is 2.43. The Balaban J connectivity index is 1.88. The molecule has 76 valence electrons. The van der Waals surface area contributed by atoms with Gasteiger partial charge in [0.25, 0.3) is 0 Å². The van der Waals surface area contributed by atoms with Crippen molar-refractivity contribution >= 4 is 0 Å². The van der Waals surface area contributed by atoms with Crippen LogP contribution in [-0.2, 0) is 4.74 Å². The molecule has 1 heterocycles. The number of rotatable bonds is 3. The van der Waals surface area contributed by atoms with Crippen LogP contribution in [0.25, 0.3) is 0 Å². The largest absolute Gasteiger partial charge is 0.379 e. The molecule has 1 aliphatic carbocycles. The number of hydrogen-bond acceptors (Lipinski definition) is 3. The third kappa shape index (κ3) is 2.03. The molecule has 0 spiro atoms. The minimum Gasteiger partial charge on any atom is -0.379 e. The summed E-state index contributed by atoms with van der Waals surface area (Å²) in [5.74, 6) is 0. The van der Waals surface area contributed by atoms with Gasteiger partial charge >= 0.3 is 0 Å². The van der Waals surface area contributed by atoms with Gasteiger partial charge in [-0.25, -0.2) is 0 Å². The fourth-order valence-corrected chi connectivity index (χ4v) is 2.17. The van der Waals surface area contributed by atoms with Crippen LogP contribution in [0.15, 0.2) is 0 Å². The number of nitrogens with two attached hydrogens (primary N) is 1. The molecule has 0 radical (unpaired) electrons. The smallest absolute Gasteiger partial charge is 0.0660 e. The first-order valence-electron chi connectivity index (χ1n) is 5.40. The molecule has 13 heavy (non-hydrogen) atoms. The first-order chi connectivity index (χ1) is 6.35. The van der Waals surface area contributed by atoms with Crippen molar-refractivity contribution in [2.75, 3.05) is 19.8 Å². The topological polar surface area (TPSA) is 47.3 Å². The predicted octanol–water partition coefficient (Wildman–Crippen LogP) is 0.636. The first-order valence-corrected chi connectivity index (χ1v) is 5.40. The normalized spacial score (nSPS) is 35.8. The van der Waals surface area contributed by atoms with E-state index in [0.29, 0.717) is 12.6 Å². The van der Waals surface area contributed by atoms with Gasteiger partial charge < -0.3 is 15.8 Å². The van der Waals surface area contributed by atoms with E-state index < -0.39 is 0 Å². The van der Waals surface area contributed by atoms with Gasteiger partial charge in [-0.3, -0.25) is 0 Å². The highest BCUT2D eigenvalue weighted by atomic mass is 16.5. The minimum absolute atomic E-state index is 0.101. The van der Waals surface area contributed by atoms with Gasteiger partial charge in [0.1, 0.15) is 0 Å². The Bertz CT molecular complexity index is 162. The molecule has 2 fully saturated rings. The Morgan fingerprint density at radius 1 is 1.38 bits per heavy atom. The highest BCUT2D eigenvalue weighted by molar-refractivity contribution is 4.95. The SMILES string of the molecule is NCC1(NC2CCC2)CCCOC1. The monoisotopic (exact) mass is 184 g/mol. The molecule has 0 bridgehead atoms. The van der Waals surface area contributed by atoms with Crippen LogP contribution in [0.5, 0.6) is 0 Å². The molecule has 3 nitrogen and oxygen atoms in total. The minimum atomic E-state index is 0.101. The second-order valence-corrected chi connectivity index (χ2v) is 4.41. The van der Waals surface area contributed by atoms with E-state index in [4.69, 9.17) is 10.5 Å². The molecule has 3 N–H and O–H groups in total. The van der Waals surface area contributed by atoms with Gasteiger partial charge in [0, 0.05) is 19.2 Å². The van der Waals surface area contributed by atoms with E-state index in [9.17, 15) is 0 Å². The molecule has 1 saturated heterocycles. The van der Waals surface area contributed by atoms with E-state index in [-0.39, 0.29) is 5.54 Å². The van der Waals surface area contributed by atoms with Crippen molar-refractivity contribution in [3.05, 3.63) is 0 Å². The summed E-state index contributed by atoms with van der Waals surface area (Å²) >= 11 is 0. The fraction of sp³-hybridized carbons (Fsp3) is 1.00. The van der Waals surface area contributed by atoms with Crippen LogP contribution in [-0.4, -0.2) is 31.3 Å². The number of nitrogens with one attached hydrogen (secondary N) is 1. The summed E-state index contributed by atoms with van der Waals surface area (Å²) in [5, 5.41) is 3.67. The molecule has 2 aliphatic rings. The van der Waals surface area contributed by atoms with Crippen LogP contribution in [0.2, 0.25) is 0 Å². The zero-order valence-corrected chi connectivity index (χ0v) is 8.22. The summed E-state index contributed by atoms with van der Waals surface area (Å²) < 4.78 is 5.50. The lowest BCUT2D eigenvalue weighted by Crippen LogP contribution is -2.61. The maximum absolute atomic E-state index is 5.82. The van der Waals surface area contributed by atoms with Crippen LogP contribution < -0.4 is 11.1 Å². The van der Waals surface area contributed by atoms with Gasteiger partial charge in [0.2, 0.25) is 0 Å². The van der Waals surface area contributed by atoms with Gasteiger partial charge in [-0.15, -0.1) is 0 Å². The molecular formula is C10H20N2O. The molecule has 0 aromatic heterocycles. The summed E-state index contributed by atoms with van der Waals surface area (Å²) in [7, 11) is 0. The third-order valence-corrected chi connectivity index (χ3v) is 3.33. The maximum atomic E-state index is 5.82. The summed E-state index contributed by atoms with van der Waals surface area (Å²) in [6.07, 6.45) is 6.35. The Hall–Kier alpha value is -0.120. The lowest BCUT2D eigenvalue weighted by molar-refractivity contribution is 0.0132. The third-order valence-electron chi connectivity index (χ3n) is 3.33. The highest BCUT2D eigenvalue weighted by Crippen LogP contribution is 2.25. The van der Waals surface area contributed by atoms with Crippen molar-refractivity contribution in [3.8, 4) is 0 Å². The van der Waals surface area contributed by atoms with Crippen molar-refractivity contribution in [2.24, 2.45) is 5.73 Å². The highest BCUT2D eigenvalue weighted by Gasteiger charge is 2.34. The van der Waals surface area contributed by atoms with E-state index >= 15 is 0 Å². The molecular weight excluding hydrogens is 164 g/mol. The van der Waals surface area contributed by atoms with Crippen molar-refractivity contribution in [1.29, 1.82) is 0 Å². The van der Waals surface area contributed by atoms with Crippen molar-refractivity contribution < 1.29 is 4.74 Å². The molecule has 3 heteroatoms. The molecule has 1 atom stereocenters. The summed E-state index contributed by atoms with van der Waals surface area (Å²) in [4.78, 5) is 0. The Kier molecular flexibility index (Phi) is 2.86. The number of ether oxygens (including phenoxy) is 1. The van der Waals surface area contributed by atoms with Crippen LogP contribution in [0.4, 0.5) is 0 Å². The van der Waals surface area contributed by atoms with Gasteiger partial charge in [0.15, 0.2) is 0 Å². The zero-order valence-electron chi connectivity index (χ0n) is 8.22. The second kappa shape index (κ2) is 3.95. The quantitative estimate of drug-likeness (QED) is 0.676. The zero-order chi connectivity index (χ0) is 9.15. The molecule has 0 amide bonds. The average Bonchev–Trinajstić information content (AvgIpc) is 2.13.